The maximum atomic E-state index is 13.3. The number of nitrogens with one attached hydrogen (secondary N) is 1. The summed E-state index contributed by atoms with van der Waals surface area (Å²) in [6, 6.07) is 6.97. The van der Waals surface area contributed by atoms with Crippen LogP contribution < -0.4 is 14.8 Å². The SMILES string of the molecule is COc1ncnc(C2CC2)c1-c1nc2c(c(OCc3ccc(-c4nc(C(F)(F)F)cn4C(C)C)cc3)n1)CCN2. The second-order valence-electron chi connectivity index (χ2n) is 10.2. The molecular formula is C28H28F3N7O2. The molecule has 1 aliphatic heterocycles. The van der Waals surface area contributed by atoms with Crippen molar-refractivity contribution in [3.05, 3.63) is 59.3 Å². The molecule has 0 unspecified atom stereocenters. The first-order valence-electron chi connectivity index (χ1n) is 13.1. The van der Waals surface area contributed by atoms with E-state index in [0.29, 0.717) is 40.4 Å². The lowest BCUT2D eigenvalue weighted by molar-refractivity contribution is -0.140. The number of alkyl halides is 3. The summed E-state index contributed by atoms with van der Waals surface area (Å²) in [4.78, 5) is 22.2. The lowest BCUT2D eigenvalue weighted by atomic mass is 10.1. The van der Waals surface area contributed by atoms with E-state index in [0.717, 1.165) is 48.8 Å². The van der Waals surface area contributed by atoms with Crippen LogP contribution in [0, 0.1) is 0 Å². The molecule has 9 nitrogen and oxygen atoms in total. The number of rotatable bonds is 8. The molecule has 208 valence electrons. The van der Waals surface area contributed by atoms with Gasteiger partial charge in [0.15, 0.2) is 11.5 Å². The van der Waals surface area contributed by atoms with E-state index in [9.17, 15) is 13.2 Å². The number of hydrogen-bond acceptors (Lipinski definition) is 8. The summed E-state index contributed by atoms with van der Waals surface area (Å²) >= 11 is 0. The van der Waals surface area contributed by atoms with Gasteiger partial charge in [0, 0.05) is 30.3 Å². The molecule has 4 aromatic rings. The van der Waals surface area contributed by atoms with E-state index in [1.807, 2.05) is 26.0 Å². The number of halogens is 3. The van der Waals surface area contributed by atoms with Crippen LogP contribution in [0.25, 0.3) is 22.8 Å². The topological polar surface area (TPSA) is 99.9 Å². The first-order valence-corrected chi connectivity index (χ1v) is 13.1. The van der Waals surface area contributed by atoms with Gasteiger partial charge in [0.05, 0.1) is 18.4 Å². The number of benzene rings is 1. The predicted octanol–water partition coefficient (Wildman–Crippen LogP) is 5.83. The van der Waals surface area contributed by atoms with Crippen molar-refractivity contribution in [2.24, 2.45) is 0 Å². The van der Waals surface area contributed by atoms with Crippen molar-refractivity contribution in [3.63, 3.8) is 0 Å². The van der Waals surface area contributed by atoms with Gasteiger partial charge < -0.3 is 19.4 Å². The van der Waals surface area contributed by atoms with E-state index in [4.69, 9.17) is 19.4 Å². The highest BCUT2D eigenvalue weighted by atomic mass is 19.4. The third-order valence-electron chi connectivity index (χ3n) is 7.03. The number of anilines is 1. The minimum atomic E-state index is -4.51. The number of fused-ring (bicyclic) bond motifs is 1. The van der Waals surface area contributed by atoms with Crippen LogP contribution in [0.1, 0.15) is 61.2 Å². The number of nitrogens with zero attached hydrogens (tertiary/aromatic N) is 6. The van der Waals surface area contributed by atoms with Crippen molar-refractivity contribution in [1.82, 2.24) is 29.5 Å². The Morgan fingerprint density at radius 3 is 2.50 bits per heavy atom. The number of hydrogen-bond donors (Lipinski definition) is 1. The highest BCUT2D eigenvalue weighted by Crippen LogP contribution is 2.45. The van der Waals surface area contributed by atoms with Gasteiger partial charge in [-0.25, -0.2) is 19.9 Å². The molecule has 6 rings (SSSR count). The highest BCUT2D eigenvalue weighted by Gasteiger charge is 2.35. The minimum absolute atomic E-state index is 0.182. The molecule has 1 aliphatic carbocycles. The third-order valence-corrected chi connectivity index (χ3v) is 7.03. The summed E-state index contributed by atoms with van der Waals surface area (Å²) in [5.41, 5.74) is 2.96. The molecule has 0 saturated heterocycles. The standard InChI is InChI=1S/C28H28F3N7O2/c1-15(2)38-12-20(28(29,30)31)35-25(38)18-6-4-16(5-7-18)13-40-26-19-10-11-32-23(19)36-24(37-26)21-22(17-8-9-17)33-14-34-27(21)39-3/h4-7,12,14-15,17H,8-11,13H2,1-3H3,(H,32,36,37). The average Bonchev–Trinajstić information content (AvgIpc) is 3.48. The number of methoxy groups -OCH3 is 1. The number of imidazole rings is 1. The second kappa shape index (κ2) is 10.1. The van der Waals surface area contributed by atoms with Crippen molar-refractivity contribution in [2.75, 3.05) is 19.0 Å². The minimum Gasteiger partial charge on any atom is -0.480 e. The fourth-order valence-electron chi connectivity index (χ4n) is 4.82. The van der Waals surface area contributed by atoms with Gasteiger partial charge in [0.2, 0.25) is 11.8 Å². The number of ether oxygens (including phenoxy) is 2. The van der Waals surface area contributed by atoms with Crippen LogP contribution in [-0.2, 0) is 19.2 Å². The Bertz CT molecular complexity index is 1550. The normalized spacial score (nSPS) is 14.8. The van der Waals surface area contributed by atoms with Gasteiger partial charge in [-0.1, -0.05) is 24.3 Å². The first-order chi connectivity index (χ1) is 19.2. The molecule has 0 radical (unpaired) electrons. The van der Waals surface area contributed by atoms with Gasteiger partial charge in [-0.2, -0.15) is 18.2 Å². The lowest BCUT2D eigenvalue weighted by Crippen LogP contribution is -2.06. The van der Waals surface area contributed by atoms with Crippen LogP contribution in [0.4, 0.5) is 19.0 Å². The van der Waals surface area contributed by atoms with E-state index < -0.39 is 11.9 Å². The Morgan fingerprint density at radius 2 is 1.82 bits per heavy atom. The fourth-order valence-corrected chi connectivity index (χ4v) is 4.82. The number of aromatic nitrogens is 6. The molecule has 1 aromatic carbocycles. The van der Waals surface area contributed by atoms with Gasteiger partial charge in [0.25, 0.3) is 0 Å². The summed E-state index contributed by atoms with van der Waals surface area (Å²) in [6.45, 7) is 4.58. The Morgan fingerprint density at radius 1 is 1.05 bits per heavy atom. The molecule has 3 aromatic heterocycles. The smallest absolute Gasteiger partial charge is 0.434 e. The van der Waals surface area contributed by atoms with Crippen molar-refractivity contribution in [1.29, 1.82) is 0 Å². The van der Waals surface area contributed by atoms with Crippen molar-refractivity contribution >= 4 is 5.82 Å². The van der Waals surface area contributed by atoms with E-state index in [1.165, 1.54) is 10.9 Å². The Balaban J connectivity index is 1.27. The zero-order valence-corrected chi connectivity index (χ0v) is 22.3. The van der Waals surface area contributed by atoms with Gasteiger partial charge >= 0.3 is 6.18 Å². The molecule has 0 atom stereocenters. The molecular weight excluding hydrogens is 523 g/mol. The van der Waals surface area contributed by atoms with Crippen molar-refractivity contribution < 1.29 is 22.6 Å². The maximum Gasteiger partial charge on any atom is 0.434 e. The monoisotopic (exact) mass is 551 g/mol. The van der Waals surface area contributed by atoms with Crippen LogP contribution in [0.5, 0.6) is 11.8 Å². The van der Waals surface area contributed by atoms with Crippen LogP contribution in [0.15, 0.2) is 36.8 Å². The van der Waals surface area contributed by atoms with Crippen LogP contribution >= 0.6 is 0 Å². The van der Waals surface area contributed by atoms with E-state index in [-0.39, 0.29) is 18.5 Å². The van der Waals surface area contributed by atoms with Crippen molar-refractivity contribution in [2.45, 2.75) is 57.9 Å². The Kier molecular flexibility index (Phi) is 6.55. The highest BCUT2D eigenvalue weighted by molar-refractivity contribution is 5.69. The molecule has 0 amide bonds. The van der Waals surface area contributed by atoms with Crippen molar-refractivity contribution in [3.8, 4) is 34.5 Å². The van der Waals surface area contributed by atoms with Gasteiger partial charge in [0.1, 0.15) is 30.1 Å². The second-order valence-corrected chi connectivity index (χ2v) is 10.2. The Labute approximate surface area is 228 Å². The summed E-state index contributed by atoms with van der Waals surface area (Å²) in [5, 5.41) is 3.30. The molecule has 2 aliphatic rings. The molecule has 4 heterocycles. The molecule has 0 spiro atoms. The summed E-state index contributed by atoms with van der Waals surface area (Å²) in [5.74, 6) is 2.64. The average molecular weight is 552 g/mol. The predicted molar refractivity (Wildman–Crippen MR) is 141 cm³/mol. The van der Waals surface area contributed by atoms with E-state index in [2.05, 4.69) is 20.3 Å². The zero-order chi connectivity index (χ0) is 28.0. The van der Waals surface area contributed by atoms with Crippen LogP contribution in [0.3, 0.4) is 0 Å². The molecule has 1 saturated carbocycles. The van der Waals surface area contributed by atoms with Gasteiger partial charge in [-0.15, -0.1) is 0 Å². The third kappa shape index (κ3) is 4.93. The molecule has 12 heteroatoms. The molecule has 0 bridgehead atoms. The maximum absolute atomic E-state index is 13.3. The van der Waals surface area contributed by atoms with E-state index in [1.54, 1.807) is 19.2 Å². The quantitative estimate of drug-likeness (QED) is 0.292. The van der Waals surface area contributed by atoms with Gasteiger partial charge in [-0.05, 0) is 38.7 Å². The zero-order valence-electron chi connectivity index (χ0n) is 22.3. The summed E-state index contributed by atoms with van der Waals surface area (Å²) < 4.78 is 53.2. The lowest BCUT2D eigenvalue weighted by Gasteiger charge is -2.15. The fraction of sp³-hybridized carbons (Fsp3) is 0.393. The summed E-state index contributed by atoms with van der Waals surface area (Å²) in [6.07, 6.45) is 0.861. The summed E-state index contributed by atoms with van der Waals surface area (Å²) in [7, 11) is 1.56. The molecule has 1 N–H and O–H groups in total. The largest absolute Gasteiger partial charge is 0.480 e. The Hall–Kier alpha value is -4.22. The first kappa shape index (κ1) is 26.0. The van der Waals surface area contributed by atoms with E-state index >= 15 is 0 Å². The van der Waals surface area contributed by atoms with Crippen LogP contribution in [-0.4, -0.2) is 43.1 Å². The molecule has 1 fully saturated rings. The molecule has 40 heavy (non-hydrogen) atoms. The van der Waals surface area contributed by atoms with Crippen LogP contribution in [0.2, 0.25) is 0 Å². The van der Waals surface area contributed by atoms with Gasteiger partial charge in [-0.3, -0.25) is 0 Å².